The maximum Gasteiger partial charge on any atom is 0.275 e. The first-order chi connectivity index (χ1) is 18.4. The van der Waals surface area contributed by atoms with Gasteiger partial charge in [0.25, 0.3) is 21.1 Å². The van der Waals surface area contributed by atoms with E-state index in [1.54, 1.807) is 54.7 Å². The van der Waals surface area contributed by atoms with Gasteiger partial charge in [0.15, 0.2) is 0 Å². The van der Waals surface area contributed by atoms with Crippen LogP contribution in [0, 0.1) is 19.3 Å². The number of benzene rings is 1. The summed E-state index contributed by atoms with van der Waals surface area (Å²) in [6.45, 7) is 5.78. The van der Waals surface area contributed by atoms with E-state index in [2.05, 4.69) is 11.0 Å². The molecule has 0 saturated heterocycles. The van der Waals surface area contributed by atoms with Crippen molar-refractivity contribution in [1.29, 1.82) is 0 Å². The molecule has 0 unspecified atom stereocenters. The van der Waals surface area contributed by atoms with Crippen LogP contribution in [0.5, 0.6) is 0 Å². The predicted octanol–water partition coefficient (Wildman–Crippen LogP) is 3.68. The summed E-state index contributed by atoms with van der Waals surface area (Å²) in [4.78, 5) is 26.3. The Morgan fingerprint density at radius 3 is 2.26 bits per heavy atom. The molecule has 0 spiro atoms. The van der Waals surface area contributed by atoms with Crippen LogP contribution in [0.3, 0.4) is 0 Å². The molecule has 39 heavy (non-hydrogen) atoms. The van der Waals surface area contributed by atoms with Crippen molar-refractivity contribution < 1.29 is 8.42 Å². The summed E-state index contributed by atoms with van der Waals surface area (Å²) < 4.78 is 33.9. The van der Waals surface area contributed by atoms with Crippen LogP contribution < -0.4 is 11.1 Å². The molecule has 0 aliphatic heterocycles. The molecule has 198 valence electrons. The monoisotopic (exact) mass is 541 g/mol. The Bertz CT molecular complexity index is 2030. The van der Waals surface area contributed by atoms with Crippen molar-refractivity contribution in [3.63, 3.8) is 0 Å². The van der Waals surface area contributed by atoms with Crippen LogP contribution in [-0.4, -0.2) is 31.3 Å². The third-order valence-electron chi connectivity index (χ3n) is 6.75. The van der Waals surface area contributed by atoms with E-state index in [-0.39, 0.29) is 27.7 Å². The molecule has 0 atom stereocenters. The average molecular weight is 542 g/mol. The van der Waals surface area contributed by atoms with Crippen molar-refractivity contribution in [2.45, 2.75) is 31.7 Å². The Balaban J connectivity index is 1.96. The maximum absolute atomic E-state index is 14.2. The van der Waals surface area contributed by atoms with Gasteiger partial charge in [-0.05, 0) is 39.0 Å². The van der Waals surface area contributed by atoms with Gasteiger partial charge >= 0.3 is 0 Å². The summed E-state index contributed by atoms with van der Waals surface area (Å²) in [6.07, 6.45) is 12.2. The second-order valence-electron chi connectivity index (χ2n) is 9.83. The summed E-state index contributed by atoms with van der Waals surface area (Å²) in [5.74, 6) is 2.61. The molecular weight excluding hydrogens is 514 g/mol. The summed E-state index contributed by atoms with van der Waals surface area (Å²) in [5.41, 5.74) is 2.15. The van der Waals surface area contributed by atoms with E-state index in [9.17, 15) is 18.0 Å². The molecule has 0 radical (unpaired) electrons. The molecule has 0 N–H and O–H groups in total. The molecule has 10 heteroatoms. The van der Waals surface area contributed by atoms with E-state index >= 15 is 0 Å². The van der Waals surface area contributed by atoms with E-state index in [1.165, 1.54) is 34.4 Å². The molecular formula is C29H27N5O4S. The minimum Gasteiger partial charge on any atom is -0.317 e. The van der Waals surface area contributed by atoms with Gasteiger partial charge < -0.3 is 9.13 Å². The Hall–Kier alpha value is -4.62. The summed E-state index contributed by atoms with van der Waals surface area (Å²) in [5, 5.41) is 4.75. The summed E-state index contributed by atoms with van der Waals surface area (Å²) in [6, 6.07) is 9.53. The topological polar surface area (TPSA) is 101 Å². The Morgan fingerprint density at radius 2 is 1.64 bits per heavy atom. The molecule has 1 aromatic carbocycles. The Kier molecular flexibility index (Phi) is 6.19. The largest absolute Gasteiger partial charge is 0.317 e. The van der Waals surface area contributed by atoms with Gasteiger partial charge in [0, 0.05) is 72.4 Å². The number of fused-ring (bicyclic) bond motifs is 1. The van der Waals surface area contributed by atoms with E-state index in [0.29, 0.717) is 27.6 Å². The van der Waals surface area contributed by atoms with Crippen LogP contribution in [0.2, 0.25) is 0 Å². The molecule has 4 heterocycles. The summed E-state index contributed by atoms with van der Waals surface area (Å²) >= 11 is 0. The maximum atomic E-state index is 14.2. The molecule has 5 aromatic rings. The van der Waals surface area contributed by atoms with Gasteiger partial charge in [0.05, 0.1) is 16.8 Å². The standard InChI is InChI=1S/C29H27N5O4S/c1-7-20-15-31(5)27(35)13-23(20)25-17-32(6)29(36)28-24(25)12-26(21-14-30-33(16-21)18(2)3)34(28)39(37,38)22-10-8-19(4)9-11-22/h1,8-18H,2-6H3. The third-order valence-corrected chi connectivity index (χ3v) is 8.48. The number of aromatic nitrogens is 5. The van der Waals surface area contributed by atoms with Crippen molar-refractivity contribution in [2.24, 2.45) is 14.1 Å². The average Bonchev–Trinajstić information content (AvgIpc) is 3.54. The second kappa shape index (κ2) is 9.29. The number of rotatable bonds is 5. The van der Waals surface area contributed by atoms with Crippen LogP contribution in [0.25, 0.3) is 33.3 Å². The van der Waals surface area contributed by atoms with Gasteiger partial charge in [0.1, 0.15) is 5.52 Å². The van der Waals surface area contributed by atoms with Crippen molar-refractivity contribution in [3.05, 3.63) is 93.0 Å². The number of hydrogen-bond donors (Lipinski definition) is 0. The van der Waals surface area contributed by atoms with Crippen LogP contribution in [0.4, 0.5) is 0 Å². The second-order valence-corrected chi connectivity index (χ2v) is 11.6. The Labute approximate surface area is 225 Å². The molecule has 0 aliphatic rings. The lowest BCUT2D eigenvalue weighted by Crippen LogP contribution is -2.23. The number of pyridine rings is 2. The van der Waals surface area contributed by atoms with E-state index in [0.717, 1.165) is 9.54 Å². The lowest BCUT2D eigenvalue weighted by atomic mass is 10.00. The lowest BCUT2D eigenvalue weighted by Gasteiger charge is -2.13. The van der Waals surface area contributed by atoms with Gasteiger partial charge in [-0.15, -0.1) is 6.42 Å². The molecule has 0 bridgehead atoms. The molecule has 9 nitrogen and oxygen atoms in total. The molecule has 4 aromatic heterocycles. The zero-order valence-corrected chi connectivity index (χ0v) is 23.0. The van der Waals surface area contributed by atoms with Gasteiger partial charge in [-0.3, -0.25) is 14.3 Å². The van der Waals surface area contributed by atoms with Gasteiger partial charge in [-0.25, -0.2) is 12.4 Å². The van der Waals surface area contributed by atoms with E-state index in [4.69, 9.17) is 6.42 Å². The summed E-state index contributed by atoms with van der Waals surface area (Å²) in [7, 11) is -1.11. The van der Waals surface area contributed by atoms with Crippen LogP contribution in [0.15, 0.2) is 75.7 Å². The fraction of sp³-hybridized carbons (Fsp3) is 0.207. The van der Waals surface area contributed by atoms with Crippen LogP contribution in [-0.2, 0) is 24.1 Å². The zero-order valence-electron chi connectivity index (χ0n) is 22.2. The molecule has 0 amide bonds. The highest BCUT2D eigenvalue weighted by Gasteiger charge is 2.29. The first-order valence-corrected chi connectivity index (χ1v) is 13.7. The van der Waals surface area contributed by atoms with Crippen LogP contribution >= 0.6 is 0 Å². The fourth-order valence-corrected chi connectivity index (χ4v) is 6.12. The quantitative estimate of drug-likeness (QED) is 0.316. The normalized spacial score (nSPS) is 11.8. The highest BCUT2D eigenvalue weighted by atomic mass is 32.2. The molecule has 0 fully saturated rings. The highest BCUT2D eigenvalue weighted by Crippen LogP contribution is 2.36. The van der Waals surface area contributed by atoms with Gasteiger partial charge in [0.2, 0.25) is 0 Å². The van der Waals surface area contributed by atoms with Crippen molar-refractivity contribution >= 4 is 20.9 Å². The Morgan fingerprint density at radius 1 is 0.949 bits per heavy atom. The number of nitrogens with zero attached hydrogens (tertiary/aromatic N) is 5. The van der Waals surface area contributed by atoms with Crippen molar-refractivity contribution in [2.75, 3.05) is 0 Å². The first kappa shape index (κ1) is 26.0. The van der Waals surface area contributed by atoms with Crippen molar-refractivity contribution in [1.82, 2.24) is 22.9 Å². The van der Waals surface area contributed by atoms with Crippen molar-refractivity contribution in [3.8, 4) is 34.7 Å². The highest BCUT2D eigenvalue weighted by molar-refractivity contribution is 7.90. The molecule has 0 aliphatic carbocycles. The minimum absolute atomic E-state index is 0.0347. The SMILES string of the molecule is C#Cc1cn(C)c(=O)cc1-c1cn(C)c(=O)c2c1cc(-c1cnn(C(C)C)c1)n2S(=O)(=O)c1ccc(C)cc1. The van der Waals surface area contributed by atoms with E-state index in [1.807, 2.05) is 20.8 Å². The molecule has 5 rings (SSSR count). The third kappa shape index (κ3) is 4.21. The van der Waals surface area contributed by atoms with Gasteiger partial charge in [-0.1, -0.05) is 23.6 Å². The minimum atomic E-state index is -4.24. The lowest BCUT2D eigenvalue weighted by molar-refractivity contribution is 0.532. The number of terminal acetylenes is 1. The zero-order chi connectivity index (χ0) is 28.2. The fourth-order valence-electron chi connectivity index (χ4n) is 4.59. The smallest absolute Gasteiger partial charge is 0.275 e. The first-order valence-electron chi connectivity index (χ1n) is 12.2. The van der Waals surface area contributed by atoms with Crippen LogP contribution in [0.1, 0.15) is 31.0 Å². The van der Waals surface area contributed by atoms with E-state index < -0.39 is 15.6 Å². The molecule has 0 saturated carbocycles. The number of aryl methyl sites for hydroxylation is 3. The van der Waals surface area contributed by atoms with Gasteiger partial charge in [-0.2, -0.15) is 5.10 Å². The number of hydrogen-bond acceptors (Lipinski definition) is 5. The predicted molar refractivity (Wildman–Crippen MR) is 151 cm³/mol.